The van der Waals surface area contributed by atoms with Crippen LogP contribution in [0.15, 0.2) is 65.4 Å². The maximum atomic E-state index is 6.37. The average molecular weight is 278 g/mol. The third-order valence-corrected chi connectivity index (χ3v) is 3.62. The molecular weight excluding hydrogens is 260 g/mol. The van der Waals surface area contributed by atoms with Crippen molar-refractivity contribution in [3.8, 4) is 0 Å². The highest BCUT2D eigenvalue weighted by atomic mass is 15.5. The number of hydrazone groups is 1. The molecule has 0 fully saturated rings. The molecule has 0 aliphatic carbocycles. The van der Waals surface area contributed by atoms with Crippen molar-refractivity contribution in [1.82, 2.24) is 5.32 Å². The van der Waals surface area contributed by atoms with Gasteiger partial charge in [0.2, 0.25) is 0 Å². The first kappa shape index (κ1) is 13.4. The molecule has 0 amide bonds. The monoisotopic (exact) mass is 278 g/mol. The van der Waals surface area contributed by atoms with Crippen LogP contribution in [0.4, 0.5) is 5.69 Å². The van der Waals surface area contributed by atoms with Crippen LogP contribution in [0, 0.1) is 0 Å². The van der Waals surface area contributed by atoms with Crippen molar-refractivity contribution >= 4 is 18.1 Å². The van der Waals surface area contributed by atoms with Crippen LogP contribution in [0.25, 0.3) is 5.70 Å². The molecule has 1 heterocycles. The predicted octanol–water partition coefficient (Wildman–Crippen LogP) is 2.54. The summed E-state index contributed by atoms with van der Waals surface area (Å²) >= 11 is 0. The van der Waals surface area contributed by atoms with Crippen molar-refractivity contribution in [3.63, 3.8) is 0 Å². The second kappa shape index (κ2) is 5.81. The van der Waals surface area contributed by atoms with Crippen molar-refractivity contribution < 1.29 is 0 Å². The zero-order chi connectivity index (χ0) is 14.7. The molecule has 0 spiro atoms. The van der Waals surface area contributed by atoms with Gasteiger partial charge in [-0.15, -0.1) is 0 Å². The molecule has 1 aliphatic heterocycles. The molecule has 0 saturated carbocycles. The first-order chi connectivity index (χ1) is 10.3. The van der Waals surface area contributed by atoms with Gasteiger partial charge in [-0.05, 0) is 17.2 Å². The Hall–Kier alpha value is -2.59. The van der Waals surface area contributed by atoms with Crippen molar-refractivity contribution in [1.29, 1.82) is 0 Å². The van der Waals surface area contributed by atoms with Crippen molar-refractivity contribution in [2.75, 3.05) is 11.6 Å². The Morgan fingerprint density at radius 2 is 1.76 bits per heavy atom. The van der Waals surface area contributed by atoms with Gasteiger partial charge in [0.05, 0.1) is 17.1 Å². The van der Waals surface area contributed by atoms with Gasteiger partial charge in [-0.25, -0.2) is 5.01 Å². The van der Waals surface area contributed by atoms with E-state index >= 15 is 0 Å². The van der Waals surface area contributed by atoms with Gasteiger partial charge in [-0.1, -0.05) is 48.5 Å². The summed E-state index contributed by atoms with van der Waals surface area (Å²) in [6, 6.07) is 18.1. The lowest BCUT2D eigenvalue weighted by atomic mass is 10.1. The lowest BCUT2D eigenvalue weighted by molar-refractivity contribution is 0.747. The summed E-state index contributed by atoms with van der Waals surface area (Å²) in [5.74, 6) is 0. The minimum Gasteiger partial charge on any atom is -0.397 e. The van der Waals surface area contributed by atoms with Crippen molar-refractivity contribution in [2.45, 2.75) is 6.54 Å². The third kappa shape index (κ3) is 2.53. The number of para-hydroxylation sites is 1. The average Bonchev–Trinajstić information content (AvgIpc) is 2.74. The molecule has 4 nitrogen and oxygen atoms in total. The first-order valence-electron chi connectivity index (χ1n) is 6.90. The van der Waals surface area contributed by atoms with Crippen LogP contribution >= 0.6 is 0 Å². The van der Waals surface area contributed by atoms with E-state index in [0.717, 1.165) is 23.5 Å². The second-order valence-electron chi connectivity index (χ2n) is 4.91. The molecule has 1 aliphatic rings. The predicted molar refractivity (Wildman–Crippen MR) is 87.7 cm³/mol. The topological polar surface area (TPSA) is 53.6 Å². The van der Waals surface area contributed by atoms with E-state index in [4.69, 9.17) is 5.73 Å². The summed E-state index contributed by atoms with van der Waals surface area (Å²) in [5, 5.41) is 9.41. The summed E-state index contributed by atoms with van der Waals surface area (Å²) in [4.78, 5) is 0. The maximum absolute atomic E-state index is 6.37. The molecular formula is C17H18N4. The van der Waals surface area contributed by atoms with Gasteiger partial charge >= 0.3 is 0 Å². The largest absolute Gasteiger partial charge is 0.397 e. The summed E-state index contributed by atoms with van der Waals surface area (Å²) in [7, 11) is 0. The van der Waals surface area contributed by atoms with E-state index in [1.165, 1.54) is 5.56 Å². The molecule has 0 aromatic heterocycles. The quantitative estimate of drug-likeness (QED) is 0.830. The Kier molecular flexibility index (Phi) is 3.71. The lowest BCUT2D eigenvalue weighted by Crippen LogP contribution is -2.25. The standard InChI is InChI=1S/C17H18N4/c1-19-21-15-10-6-5-9-14(15)11-20-12-16(21)17(18)13-7-3-2-4-8-13/h2-10,20H,1,11-12,18H2/b17-16-. The van der Waals surface area contributed by atoms with E-state index in [1.54, 1.807) is 0 Å². The molecule has 0 radical (unpaired) electrons. The minimum absolute atomic E-state index is 0.647. The Balaban J connectivity index is 2.12. The molecule has 0 bridgehead atoms. The molecule has 3 rings (SSSR count). The molecule has 3 N–H and O–H groups in total. The Labute approximate surface area is 124 Å². The normalized spacial score (nSPS) is 16.9. The van der Waals surface area contributed by atoms with E-state index in [9.17, 15) is 0 Å². The zero-order valence-electron chi connectivity index (χ0n) is 11.8. The van der Waals surface area contributed by atoms with Crippen LogP contribution in [0.5, 0.6) is 0 Å². The number of nitrogens with zero attached hydrogens (tertiary/aromatic N) is 2. The van der Waals surface area contributed by atoms with Gasteiger partial charge in [0.15, 0.2) is 0 Å². The molecule has 0 atom stereocenters. The minimum atomic E-state index is 0.647. The first-order valence-corrected chi connectivity index (χ1v) is 6.90. The summed E-state index contributed by atoms with van der Waals surface area (Å²) in [6.45, 7) is 5.14. The smallest absolute Gasteiger partial charge is 0.0799 e. The summed E-state index contributed by atoms with van der Waals surface area (Å²) < 4.78 is 0. The van der Waals surface area contributed by atoms with Gasteiger partial charge in [0.25, 0.3) is 0 Å². The van der Waals surface area contributed by atoms with Crippen LogP contribution in [-0.2, 0) is 6.54 Å². The van der Waals surface area contributed by atoms with Gasteiger partial charge in [0, 0.05) is 19.8 Å². The highest BCUT2D eigenvalue weighted by Crippen LogP contribution is 2.29. The fourth-order valence-corrected chi connectivity index (χ4v) is 2.56. The zero-order valence-corrected chi connectivity index (χ0v) is 11.8. The molecule has 21 heavy (non-hydrogen) atoms. The van der Waals surface area contributed by atoms with Crippen molar-refractivity contribution in [2.24, 2.45) is 10.8 Å². The number of benzene rings is 2. The second-order valence-corrected chi connectivity index (χ2v) is 4.91. The van der Waals surface area contributed by atoms with Crippen LogP contribution in [0.1, 0.15) is 11.1 Å². The molecule has 2 aromatic rings. The maximum Gasteiger partial charge on any atom is 0.0799 e. The molecule has 4 heteroatoms. The number of hydrogen-bond donors (Lipinski definition) is 2. The van der Waals surface area contributed by atoms with E-state index in [-0.39, 0.29) is 0 Å². The van der Waals surface area contributed by atoms with E-state index in [2.05, 4.69) is 23.2 Å². The fraction of sp³-hybridized carbons (Fsp3) is 0.118. The molecule has 0 unspecified atom stereocenters. The Morgan fingerprint density at radius 1 is 1.05 bits per heavy atom. The highest BCUT2D eigenvalue weighted by Gasteiger charge is 2.20. The summed E-state index contributed by atoms with van der Waals surface area (Å²) in [6.07, 6.45) is 0. The SMILES string of the molecule is C=NN1/C(=C(\N)c2ccccc2)CNCc2ccccc21. The highest BCUT2D eigenvalue weighted by molar-refractivity contribution is 5.73. The number of hydrogen-bond acceptors (Lipinski definition) is 4. The Morgan fingerprint density at radius 3 is 2.52 bits per heavy atom. The number of nitrogens with one attached hydrogen (secondary N) is 1. The van der Waals surface area contributed by atoms with E-state index in [1.807, 2.05) is 53.5 Å². The fourth-order valence-electron chi connectivity index (χ4n) is 2.56. The van der Waals surface area contributed by atoms with E-state index < -0.39 is 0 Å². The number of nitrogens with two attached hydrogens (primary N) is 1. The van der Waals surface area contributed by atoms with Crippen LogP contribution in [-0.4, -0.2) is 13.3 Å². The van der Waals surface area contributed by atoms with Gasteiger partial charge < -0.3 is 11.1 Å². The van der Waals surface area contributed by atoms with Gasteiger partial charge in [-0.2, -0.15) is 5.10 Å². The van der Waals surface area contributed by atoms with Gasteiger partial charge in [0.1, 0.15) is 0 Å². The molecule has 0 saturated heterocycles. The Bertz CT molecular complexity index is 676. The lowest BCUT2D eigenvalue weighted by Gasteiger charge is -2.23. The molecule has 106 valence electrons. The van der Waals surface area contributed by atoms with E-state index in [0.29, 0.717) is 12.2 Å². The number of rotatable bonds is 2. The van der Waals surface area contributed by atoms with Crippen LogP contribution in [0.3, 0.4) is 0 Å². The number of anilines is 1. The number of fused-ring (bicyclic) bond motifs is 1. The summed E-state index contributed by atoms with van der Waals surface area (Å²) in [5.41, 5.74) is 11.2. The van der Waals surface area contributed by atoms with Crippen molar-refractivity contribution in [3.05, 3.63) is 71.4 Å². The van der Waals surface area contributed by atoms with Crippen LogP contribution < -0.4 is 16.1 Å². The third-order valence-electron chi connectivity index (χ3n) is 3.62. The van der Waals surface area contributed by atoms with Gasteiger partial charge in [-0.3, -0.25) is 0 Å². The molecule has 2 aromatic carbocycles. The van der Waals surface area contributed by atoms with Crippen LogP contribution in [0.2, 0.25) is 0 Å².